The molecule has 66 valence electrons. The molecule has 1 aromatic heterocycles. The quantitative estimate of drug-likeness (QED) is 0.688. The first-order chi connectivity index (χ1) is 5.88. The third-order valence-electron chi connectivity index (χ3n) is 2.69. The van der Waals surface area contributed by atoms with Gasteiger partial charge in [-0.1, -0.05) is 6.92 Å². The van der Waals surface area contributed by atoms with Gasteiger partial charge in [0.1, 0.15) is 5.76 Å². The summed E-state index contributed by atoms with van der Waals surface area (Å²) in [5.74, 6) is 2.48. The second-order valence-corrected chi connectivity index (χ2v) is 3.59. The van der Waals surface area contributed by atoms with Gasteiger partial charge in [0, 0.05) is 5.92 Å². The van der Waals surface area contributed by atoms with Crippen molar-refractivity contribution in [1.82, 2.24) is 5.32 Å². The van der Waals surface area contributed by atoms with Gasteiger partial charge in [0.2, 0.25) is 0 Å². The van der Waals surface area contributed by atoms with Crippen molar-refractivity contribution >= 4 is 0 Å². The molecular formula is C10H15NO. The Morgan fingerprint density at radius 1 is 1.58 bits per heavy atom. The summed E-state index contributed by atoms with van der Waals surface area (Å²) in [6.45, 7) is 4.51. The van der Waals surface area contributed by atoms with Crippen molar-refractivity contribution in [2.24, 2.45) is 5.92 Å². The minimum atomic E-state index is 0.626. The second kappa shape index (κ2) is 3.31. The summed E-state index contributed by atoms with van der Waals surface area (Å²) < 4.78 is 5.42. The zero-order valence-corrected chi connectivity index (χ0v) is 7.42. The number of rotatable bonds is 1. The average molecular weight is 165 g/mol. The second-order valence-electron chi connectivity index (χ2n) is 3.59. The minimum Gasteiger partial charge on any atom is -0.469 e. The van der Waals surface area contributed by atoms with Gasteiger partial charge in [-0.05, 0) is 37.6 Å². The molecule has 1 aliphatic rings. The van der Waals surface area contributed by atoms with Crippen molar-refractivity contribution in [1.29, 1.82) is 0 Å². The van der Waals surface area contributed by atoms with E-state index in [0.717, 1.165) is 18.8 Å². The van der Waals surface area contributed by atoms with E-state index in [1.54, 1.807) is 6.26 Å². The Morgan fingerprint density at radius 3 is 3.17 bits per heavy atom. The third-order valence-corrected chi connectivity index (χ3v) is 2.69. The van der Waals surface area contributed by atoms with Crippen LogP contribution in [0.15, 0.2) is 22.8 Å². The molecule has 2 nitrogen and oxygen atoms in total. The van der Waals surface area contributed by atoms with Crippen LogP contribution < -0.4 is 5.32 Å². The van der Waals surface area contributed by atoms with Gasteiger partial charge in [-0.15, -0.1) is 0 Å². The molecule has 2 atom stereocenters. The molecule has 2 heterocycles. The molecule has 1 aliphatic heterocycles. The Balaban J connectivity index is 2.11. The predicted molar refractivity (Wildman–Crippen MR) is 48.1 cm³/mol. The Bertz CT molecular complexity index is 230. The number of hydrogen-bond donors (Lipinski definition) is 1. The first-order valence-corrected chi connectivity index (χ1v) is 4.62. The van der Waals surface area contributed by atoms with Crippen LogP contribution in [-0.2, 0) is 0 Å². The van der Waals surface area contributed by atoms with E-state index in [9.17, 15) is 0 Å². The van der Waals surface area contributed by atoms with E-state index in [1.165, 1.54) is 6.42 Å². The fourth-order valence-electron chi connectivity index (χ4n) is 1.94. The Morgan fingerprint density at radius 2 is 2.50 bits per heavy atom. The number of piperidine rings is 1. The van der Waals surface area contributed by atoms with Gasteiger partial charge in [0.15, 0.2) is 0 Å². The van der Waals surface area contributed by atoms with Crippen LogP contribution in [0.1, 0.15) is 25.0 Å². The van der Waals surface area contributed by atoms with Gasteiger partial charge in [-0.3, -0.25) is 0 Å². The molecule has 0 saturated carbocycles. The maximum atomic E-state index is 5.42. The van der Waals surface area contributed by atoms with E-state index in [4.69, 9.17) is 4.42 Å². The lowest BCUT2D eigenvalue weighted by Gasteiger charge is -2.27. The van der Waals surface area contributed by atoms with Gasteiger partial charge in [-0.2, -0.15) is 0 Å². The van der Waals surface area contributed by atoms with Crippen LogP contribution in [0.5, 0.6) is 0 Å². The molecule has 2 rings (SSSR count). The van der Waals surface area contributed by atoms with Gasteiger partial charge >= 0.3 is 0 Å². The molecule has 1 saturated heterocycles. The van der Waals surface area contributed by atoms with Crippen LogP contribution in [0.2, 0.25) is 0 Å². The van der Waals surface area contributed by atoms with Crippen molar-refractivity contribution in [2.75, 3.05) is 13.1 Å². The highest BCUT2D eigenvalue weighted by Crippen LogP contribution is 2.29. The summed E-state index contributed by atoms with van der Waals surface area (Å²) in [5.41, 5.74) is 0. The van der Waals surface area contributed by atoms with Crippen LogP contribution in [-0.4, -0.2) is 13.1 Å². The standard InChI is InChI=1S/C10H15NO/c1-8-7-11-5-4-9(8)10-3-2-6-12-10/h2-3,6,8-9,11H,4-5,7H2,1H3. The summed E-state index contributed by atoms with van der Waals surface area (Å²) >= 11 is 0. The lowest BCUT2D eigenvalue weighted by atomic mass is 9.86. The van der Waals surface area contributed by atoms with E-state index in [-0.39, 0.29) is 0 Å². The van der Waals surface area contributed by atoms with Crippen LogP contribution in [0, 0.1) is 5.92 Å². The van der Waals surface area contributed by atoms with Crippen LogP contribution >= 0.6 is 0 Å². The Hall–Kier alpha value is -0.760. The Labute approximate surface area is 73.0 Å². The van der Waals surface area contributed by atoms with E-state index in [1.807, 2.05) is 6.07 Å². The third kappa shape index (κ3) is 1.39. The zero-order chi connectivity index (χ0) is 8.39. The smallest absolute Gasteiger partial charge is 0.107 e. The summed E-state index contributed by atoms with van der Waals surface area (Å²) in [4.78, 5) is 0. The first-order valence-electron chi connectivity index (χ1n) is 4.62. The van der Waals surface area contributed by atoms with Crippen molar-refractivity contribution in [3.8, 4) is 0 Å². The number of nitrogens with one attached hydrogen (secondary N) is 1. The molecule has 0 amide bonds. The Kier molecular flexibility index (Phi) is 2.17. The van der Waals surface area contributed by atoms with Crippen molar-refractivity contribution in [3.63, 3.8) is 0 Å². The van der Waals surface area contributed by atoms with Gasteiger partial charge in [-0.25, -0.2) is 0 Å². The topological polar surface area (TPSA) is 25.2 Å². The number of furan rings is 1. The van der Waals surface area contributed by atoms with Crippen molar-refractivity contribution < 1.29 is 4.42 Å². The molecule has 12 heavy (non-hydrogen) atoms. The lowest BCUT2D eigenvalue weighted by Crippen LogP contribution is -2.33. The monoisotopic (exact) mass is 165 g/mol. The molecule has 0 aliphatic carbocycles. The van der Waals surface area contributed by atoms with E-state index >= 15 is 0 Å². The van der Waals surface area contributed by atoms with Crippen LogP contribution in [0.3, 0.4) is 0 Å². The molecule has 1 N–H and O–H groups in total. The zero-order valence-electron chi connectivity index (χ0n) is 7.42. The van der Waals surface area contributed by atoms with Crippen molar-refractivity contribution in [3.05, 3.63) is 24.2 Å². The maximum Gasteiger partial charge on any atom is 0.107 e. The normalized spacial score (nSPS) is 30.4. The van der Waals surface area contributed by atoms with E-state index in [2.05, 4.69) is 18.3 Å². The molecule has 0 radical (unpaired) electrons. The maximum absolute atomic E-state index is 5.42. The summed E-state index contributed by atoms with van der Waals surface area (Å²) in [6.07, 6.45) is 2.97. The lowest BCUT2D eigenvalue weighted by molar-refractivity contribution is 0.306. The number of hydrogen-bond acceptors (Lipinski definition) is 2. The highest BCUT2D eigenvalue weighted by molar-refractivity contribution is 5.07. The average Bonchev–Trinajstić information content (AvgIpc) is 2.57. The molecule has 1 aromatic rings. The van der Waals surface area contributed by atoms with Crippen molar-refractivity contribution in [2.45, 2.75) is 19.3 Å². The highest BCUT2D eigenvalue weighted by Gasteiger charge is 2.24. The van der Waals surface area contributed by atoms with Gasteiger partial charge < -0.3 is 9.73 Å². The molecular weight excluding hydrogens is 150 g/mol. The minimum absolute atomic E-state index is 0.626. The summed E-state index contributed by atoms with van der Waals surface area (Å²) in [6, 6.07) is 4.07. The molecule has 2 unspecified atom stereocenters. The molecule has 2 heteroatoms. The largest absolute Gasteiger partial charge is 0.469 e. The molecule has 1 fully saturated rings. The molecule has 0 bridgehead atoms. The van der Waals surface area contributed by atoms with Gasteiger partial charge in [0.25, 0.3) is 0 Å². The molecule has 0 aromatic carbocycles. The molecule has 0 spiro atoms. The van der Waals surface area contributed by atoms with E-state index in [0.29, 0.717) is 11.8 Å². The predicted octanol–water partition coefficient (Wildman–Crippen LogP) is 1.99. The highest BCUT2D eigenvalue weighted by atomic mass is 16.3. The van der Waals surface area contributed by atoms with Crippen LogP contribution in [0.4, 0.5) is 0 Å². The van der Waals surface area contributed by atoms with E-state index < -0.39 is 0 Å². The summed E-state index contributed by atoms with van der Waals surface area (Å²) in [5, 5.41) is 3.38. The first kappa shape index (κ1) is 7.87. The summed E-state index contributed by atoms with van der Waals surface area (Å²) in [7, 11) is 0. The van der Waals surface area contributed by atoms with Crippen LogP contribution in [0.25, 0.3) is 0 Å². The van der Waals surface area contributed by atoms with Gasteiger partial charge in [0.05, 0.1) is 6.26 Å². The SMILES string of the molecule is CC1CNCCC1c1ccco1. The fraction of sp³-hybridized carbons (Fsp3) is 0.600. The fourth-order valence-corrected chi connectivity index (χ4v) is 1.94.